The van der Waals surface area contributed by atoms with Crippen LogP contribution in [0.5, 0.6) is 0 Å². The molecule has 0 radical (unpaired) electrons. The van der Waals surface area contributed by atoms with Crippen LogP contribution in [0.3, 0.4) is 0 Å². The van der Waals surface area contributed by atoms with E-state index in [9.17, 15) is 13.2 Å². The molecule has 0 saturated heterocycles. The average molecular weight is 285 g/mol. The van der Waals surface area contributed by atoms with Crippen molar-refractivity contribution < 1.29 is 17.7 Å². The molecule has 2 aromatic rings. The van der Waals surface area contributed by atoms with Crippen molar-refractivity contribution >= 4 is 5.69 Å². The summed E-state index contributed by atoms with van der Waals surface area (Å²) >= 11 is 0. The molecule has 0 bridgehead atoms. The molecule has 1 aromatic heterocycles. The molecule has 0 saturated carbocycles. The van der Waals surface area contributed by atoms with E-state index in [0.29, 0.717) is 23.8 Å². The Kier molecular flexibility index (Phi) is 4.26. The first-order chi connectivity index (χ1) is 9.42. The predicted molar refractivity (Wildman–Crippen MR) is 67.2 cm³/mol. The first-order valence-corrected chi connectivity index (χ1v) is 6.11. The number of nitrogens with zero attached hydrogens (tertiary/aromatic N) is 2. The third-order valence-corrected chi connectivity index (χ3v) is 2.67. The Morgan fingerprint density at radius 3 is 2.45 bits per heavy atom. The van der Waals surface area contributed by atoms with Crippen LogP contribution in [0.2, 0.25) is 0 Å². The maximum Gasteiger partial charge on any atom is 0.389 e. The highest BCUT2D eigenvalue weighted by Crippen LogP contribution is 2.22. The van der Waals surface area contributed by atoms with Crippen molar-refractivity contribution in [3.05, 3.63) is 41.5 Å². The number of aryl methyl sites for hydroxylation is 2. The lowest BCUT2D eigenvalue weighted by Crippen LogP contribution is -2.08. The second-order valence-corrected chi connectivity index (χ2v) is 4.40. The van der Waals surface area contributed by atoms with E-state index < -0.39 is 12.6 Å². The molecule has 0 aliphatic rings. The fraction of sp³-hybridized carbons (Fsp3) is 0.385. The van der Waals surface area contributed by atoms with Gasteiger partial charge in [0.15, 0.2) is 5.82 Å². The second kappa shape index (κ2) is 5.94. The molecule has 0 spiro atoms. The quantitative estimate of drug-likeness (QED) is 0.913. The van der Waals surface area contributed by atoms with Gasteiger partial charge in [0.1, 0.15) is 0 Å². The van der Waals surface area contributed by atoms with E-state index in [2.05, 4.69) is 15.5 Å². The minimum atomic E-state index is -4.12. The highest BCUT2D eigenvalue weighted by Gasteiger charge is 2.26. The van der Waals surface area contributed by atoms with Crippen LogP contribution < -0.4 is 5.32 Å². The highest BCUT2D eigenvalue weighted by atomic mass is 19.4. The van der Waals surface area contributed by atoms with Crippen LogP contribution in [-0.2, 0) is 13.0 Å². The van der Waals surface area contributed by atoms with Crippen LogP contribution in [0.15, 0.2) is 28.8 Å². The average Bonchev–Trinajstić information content (AvgIpc) is 2.80. The molecule has 0 aliphatic heterocycles. The standard InChI is InChI=1S/C13H14F3N3O/c1-9-18-12(19-20-9)8-17-11-4-2-10(3-5-11)6-7-13(14,15)16/h2-5,17H,6-8H2,1H3. The number of hydrogen-bond donors (Lipinski definition) is 1. The van der Waals surface area contributed by atoms with Crippen molar-refractivity contribution in [2.75, 3.05) is 5.32 Å². The lowest BCUT2D eigenvalue weighted by molar-refractivity contribution is -0.133. The summed E-state index contributed by atoms with van der Waals surface area (Å²) in [5.41, 5.74) is 1.45. The Labute approximate surface area is 114 Å². The molecular formula is C13H14F3N3O. The lowest BCUT2D eigenvalue weighted by atomic mass is 10.1. The Morgan fingerprint density at radius 2 is 1.90 bits per heavy atom. The van der Waals surface area contributed by atoms with E-state index >= 15 is 0 Å². The van der Waals surface area contributed by atoms with Crippen molar-refractivity contribution in [1.29, 1.82) is 0 Å². The van der Waals surface area contributed by atoms with Crippen LogP contribution in [-0.4, -0.2) is 16.3 Å². The van der Waals surface area contributed by atoms with Crippen LogP contribution in [0.1, 0.15) is 23.7 Å². The largest absolute Gasteiger partial charge is 0.389 e. The van der Waals surface area contributed by atoms with Crippen LogP contribution in [0, 0.1) is 6.92 Å². The van der Waals surface area contributed by atoms with Gasteiger partial charge in [-0.1, -0.05) is 17.3 Å². The molecule has 0 amide bonds. The van der Waals surface area contributed by atoms with Gasteiger partial charge in [-0.15, -0.1) is 0 Å². The minimum absolute atomic E-state index is 0.00613. The zero-order valence-electron chi connectivity index (χ0n) is 10.9. The molecule has 20 heavy (non-hydrogen) atoms. The normalized spacial score (nSPS) is 11.6. The van der Waals surface area contributed by atoms with Crippen molar-refractivity contribution in [2.24, 2.45) is 0 Å². The summed E-state index contributed by atoms with van der Waals surface area (Å²) in [5.74, 6) is 1.02. The third-order valence-electron chi connectivity index (χ3n) is 2.67. The zero-order valence-corrected chi connectivity index (χ0v) is 10.9. The molecule has 1 aromatic carbocycles. The molecule has 0 atom stereocenters. The highest BCUT2D eigenvalue weighted by molar-refractivity contribution is 5.44. The van der Waals surface area contributed by atoms with E-state index in [1.807, 2.05) is 0 Å². The minimum Gasteiger partial charge on any atom is -0.378 e. The number of nitrogens with one attached hydrogen (secondary N) is 1. The fourth-order valence-corrected chi connectivity index (χ4v) is 1.67. The molecule has 2 rings (SSSR count). The fourth-order valence-electron chi connectivity index (χ4n) is 1.67. The molecule has 0 fully saturated rings. The molecule has 0 unspecified atom stereocenters. The van der Waals surface area contributed by atoms with Gasteiger partial charge in [-0.05, 0) is 24.1 Å². The summed E-state index contributed by atoms with van der Waals surface area (Å²) in [6.07, 6.45) is -4.93. The van der Waals surface area contributed by atoms with Gasteiger partial charge in [0.25, 0.3) is 0 Å². The summed E-state index contributed by atoms with van der Waals surface area (Å²) in [5, 5.41) is 6.80. The van der Waals surface area contributed by atoms with Crippen molar-refractivity contribution in [3.63, 3.8) is 0 Å². The Bertz CT molecular complexity index is 549. The Morgan fingerprint density at radius 1 is 1.20 bits per heavy atom. The summed E-state index contributed by atoms with van der Waals surface area (Å²) in [6, 6.07) is 6.82. The van der Waals surface area contributed by atoms with Gasteiger partial charge in [0.05, 0.1) is 6.54 Å². The number of benzene rings is 1. The molecule has 108 valence electrons. The van der Waals surface area contributed by atoms with Crippen LogP contribution in [0.25, 0.3) is 0 Å². The van der Waals surface area contributed by atoms with Gasteiger partial charge in [0.2, 0.25) is 5.89 Å². The van der Waals surface area contributed by atoms with Gasteiger partial charge in [-0.3, -0.25) is 0 Å². The number of hydrogen-bond acceptors (Lipinski definition) is 4. The van der Waals surface area contributed by atoms with E-state index in [-0.39, 0.29) is 6.42 Å². The van der Waals surface area contributed by atoms with E-state index in [1.54, 1.807) is 31.2 Å². The molecular weight excluding hydrogens is 271 g/mol. The topological polar surface area (TPSA) is 51.0 Å². The molecule has 4 nitrogen and oxygen atoms in total. The third kappa shape index (κ3) is 4.56. The van der Waals surface area contributed by atoms with Gasteiger partial charge in [-0.25, -0.2) is 0 Å². The maximum atomic E-state index is 12.1. The zero-order chi connectivity index (χ0) is 14.6. The number of aromatic nitrogens is 2. The maximum absolute atomic E-state index is 12.1. The molecule has 1 N–H and O–H groups in total. The van der Waals surface area contributed by atoms with Crippen molar-refractivity contribution in [3.8, 4) is 0 Å². The monoisotopic (exact) mass is 285 g/mol. The smallest absolute Gasteiger partial charge is 0.378 e. The molecule has 0 aliphatic carbocycles. The van der Waals surface area contributed by atoms with E-state index in [0.717, 1.165) is 5.69 Å². The Balaban J connectivity index is 1.85. The number of rotatable bonds is 5. The van der Waals surface area contributed by atoms with Gasteiger partial charge in [0, 0.05) is 19.0 Å². The lowest BCUT2D eigenvalue weighted by Gasteiger charge is -2.07. The first kappa shape index (κ1) is 14.4. The number of anilines is 1. The first-order valence-electron chi connectivity index (χ1n) is 6.11. The number of alkyl halides is 3. The molecule has 1 heterocycles. The second-order valence-electron chi connectivity index (χ2n) is 4.40. The van der Waals surface area contributed by atoms with Crippen LogP contribution >= 0.6 is 0 Å². The summed E-state index contributed by atoms with van der Waals surface area (Å²) in [7, 11) is 0. The summed E-state index contributed by atoms with van der Waals surface area (Å²) in [4.78, 5) is 4.03. The van der Waals surface area contributed by atoms with Crippen molar-refractivity contribution in [2.45, 2.75) is 32.5 Å². The SMILES string of the molecule is Cc1nc(CNc2ccc(CCC(F)(F)F)cc2)no1. The number of halogens is 3. The van der Waals surface area contributed by atoms with Gasteiger partial charge >= 0.3 is 6.18 Å². The Hall–Kier alpha value is -2.05. The summed E-state index contributed by atoms with van der Waals surface area (Å²) < 4.78 is 41.1. The van der Waals surface area contributed by atoms with E-state index in [1.165, 1.54) is 0 Å². The summed E-state index contributed by atoms with van der Waals surface area (Å²) in [6.45, 7) is 2.10. The van der Waals surface area contributed by atoms with Gasteiger partial charge < -0.3 is 9.84 Å². The molecule has 7 heteroatoms. The van der Waals surface area contributed by atoms with Crippen LogP contribution in [0.4, 0.5) is 18.9 Å². The van der Waals surface area contributed by atoms with Crippen molar-refractivity contribution in [1.82, 2.24) is 10.1 Å². The predicted octanol–water partition coefficient (Wildman–Crippen LogP) is 3.49. The van der Waals surface area contributed by atoms with E-state index in [4.69, 9.17) is 4.52 Å². The van der Waals surface area contributed by atoms with Gasteiger partial charge in [-0.2, -0.15) is 18.2 Å².